The molecule has 0 spiro atoms. The third-order valence-electron chi connectivity index (χ3n) is 4.36. The Bertz CT molecular complexity index is 970. The van der Waals surface area contributed by atoms with Gasteiger partial charge in [0.2, 0.25) is 10.0 Å². The predicted octanol–water partition coefficient (Wildman–Crippen LogP) is 3.27. The summed E-state index contributed by atoms with van der Waals surface area (Å²) in [5, 5.41) is 4.92. The molecule has 4 rings (SSSR count). The monoisotopic (exact) mass is 378 g/mol. The Labute approximate surface area is 150 Å². The Kier molecular flexibility index (Phi) is 4.15. The van der Waals surface area contributed by atoms with Crippen LogP contribution < -0.4 is 0 Å². The maximum atomic E-state index is 13.0. The fraction of sp³-hybridized carbons (Fsp3) is 0.353. The molecule has 1 atom stereocenters. The van der Waals surface area contributed by atoms with Crippen LogP contribution in [0, 0.1) is 13.8 Å². The molecule has 6 nitrogen and oxygen atoms in total. The van der Waals surface area contributed by atoms with Gasteiger partial charge in [0.05, 0.1) is 6.61 Å². The number of hydrogen-bond donors (Lipinski definition) is 0. The second kappa shape index (κ2) is 6.21. The number of aryl methyl sites for hydroxylation is 2. The lowest BCUT2D eigenvalue weighted by molar-refractivity contribution is -0.000497. The quantitative estimate of drug-likeness (QED) is 0.699. The summed E-state index contributed by atoms with van der Waals surface area (Å²) in [4.78, 5) is 1.21. The van der Waals surface area contributed by atoms with Crippen molar-refractivity contribution in [1.82, 2.24) is 9.46 Å². The number of benzene rings is 1. The first-order valence-electron chi connectivity index (χ1n) is 8.00. The van der Waals surface area contributed by atoms with Crippen molar-refractivity contribution in [2.24, 2.45) is 0 Å². The number of sulfonamides is 1. The van der Waals surface area contributed by atoms with Gasteiger partial charge in [0.1, 0.15) is 16.7 Å². The summed E-state index contributed by atoms with van der Waals surface area (Å²) < 4.78 is 39.6. The minimum Gasteiger partial charge on any atom is -0.370 e. The fourth-order valence-electron chi connectivity index (χ4n) is 3.15. The van der Waals surface area contributed by atoms with Gasteiger partial charge in [-0.2, -0.15) is 4.31 Å². The van der Waals surface area contributed by atoms with Gasteiger partial charge >= 0.3 is 0 Å². The van der Waals surface area contributed by atoms with Crippen molar-refractivity contribution in [2.45, 2.75) is 24.8 Å². The van der Waals surface area contributed by atoms with E-state index in [0.717, 1.165) is 10.3 Å². The molecule has 0 amide bonds. The molecule has 3 aromatic rings. The number of morpholine rings is 1. The van der Waals surface area contributed by atoms with Gasteiger partial charge in [-0.3, -0.25) is 0 Å². The lowest BCUT2D eigenvalue weighted by Gasteiger charge is -2.31. The summed E-state index contributed by atoms with van der Waals surface area (Å²) in [6.45, 7) is 4.25. The van der Waals surface area contributed by atoms with Gasteiger partial charge in [-0.1, -0.05) is 23.4 Å². The average molecular weight is 378 g/mol. The van der Waals surface area contributed by atoms with Crippen LogP contribution in [-0.4, -0.2) is 37.6 Å². The van der Waals surface area contributed by atoms with Crippen LogP contribution in [0.2, 0.25) is 0 Å². The van der Waals surface area contributed by atoms with Crippen LogP contribution in [0.3, 0.4) is 0 Å². The van der Waals surface area contributed by atoms with Crippen LogP contribution >= 0.6 is 11.3 Å². The van der Waals surface area contributed by atoms with Gasteiger partial charge in [-0.25, -0.2) is 8.42 Å². The van der Waals surface area contributed by atoms with Gasteiger partial charge in [-0.15, -0.1) is 11.3 Å². The van der Waals surface area contributed by atoms with Crippen LogP contribution in [-0.2, 0) is 14.8 Å². The second-order valence-corrected chi connectivity index (χ2v) is 9.05. The topological polar surface area (TPSA) is 72.6 Å². The lowest BCUT2D eigenvalue weighted by atomic mass is 10.2. The molecule has 1 fully saturated rings. The Morgan fingerprint density at radius 1 is 1.28 bits per heavy atom. The maximum absolute atomic E-state index is 13.0. The largest absolute Gasteiger partial charge is 0.370 e. The molecule has 25 heavy (non-hydrogen) atoms. The van der Waals surface area contributed by atoms with E-state index in [0.29, 0.717) is 31.2 Å². The molecular weight excluding hydrogens is 360 g/mol. The molecule has 0 radical (unpaired) electrons. The van der Waals surface area contributed by atoms with Crippen LogP contribution in [0.1, 0.15) is 22.4 Å². The highest BCUT2D eigenvalue weighted by Crippen LogP contribution is 2.35. The van der Waals surface area contributed by atoms with E-state index >= 15 is 0 Å². The number of hydrogen-bond acceptors (Lipinski definition) is 6. The minimum atomic E-state index is -3.65. The summed E-state index contributed by atoms with van der Waals surface area (Å²) in [5.41, 5.74) is 0.391. The molecule has 1 unspecified atom stereocenters. The van der Waals surface area contributed by atoms with Crippen molar-refractivity contribution in [2.75, 3.05) is 19.7 Å². The van der Waals surface area contributed by atoms with Gasteiger partial charge < -0.3 is 9.26 Å². The highest BCUT2D eigenvalue weighted by Gasteiger charge is 2.35. The highest BCUT2D eigenvalue weighted by molar-refractivity contribution is 7.89. The number of thiophene rings is 1. The Hall–Kier alpha value is -1.74. The molecule has 0 bridgehead atoms. The normalized spacial score (nSPS) is 19.5. The van der Waals surface area contributed by atoms with Crippen molar-refractivity contribution in [3.8, 4) is 0 Å². The number of fused-ring (bicyclic) bond motifs is 1. The molecule has 1 aromatic carbocycles. The number of nitrogens with zero attached hydrogens (tertiary/aromatic N) is 2. The molecule has 1 aliphatic heterocycles. The number of ether oxygens (including phenoxy) is 1. The van der Waals surface area contributed by atoms with Gasteiger partial charge in [0.25, 0.3) is 0 Å². The summed E-state index contributed by atoms with van der Waals surface area (Å²) >= 11 is 1.64. The molecule has 1 aliphatic rings. The van der Waals surface area contributed by atoms with Crippen molar-refractivity contribution < 1.29 is 17.7 Å². The van der Waals surface area contributed by atoms with Crippen LogP contribution in [0.15, 0.2) is 39.8 Å². The second-order valence-electron chi connectivity index (χ2n) is 6.06. The van der Waals surface area contributed by atoms with Gasteiger partial charge in [0.15, 0.2) is 5.76 Å². The highest BCUT2D eigenvalue weighted by atomic mass is 32.2. The first-order chi connectivity index (χ1) is 12.0. The fourth-order valence-corrected chi connectivity index (χ4v) is 5.97. The molecular formula is C17H18N2O4S2. The smallest absolute Gasteiger partial charge is 0.248 e. The van der Waals surface area contributed by atoms with Crippen LogP contribution in [0.4, 0.5) is 0 Å². The van der Waals surface area contributed by atoms with Crippen LogP contribution in [0.5, 0.6) is 0 Å². The lowest BCUT2D eigenvalue weighted by Crippen LogP contribution is -2.42. The van der Waals surface area contributed by atoms with Crippen molar-refractivity contribution in [3.63, 3.8) is 0 Å². The SMILES string of the molecule is Cc1noc(C)c1S(=O)(=O)N1CCOC(c2cc3ccccc3s2)C1. The molecule has 8 heteroatoms. The van der Waals surface area contributed by atoms with Crippen molar-refractivity contribution >= 4 is 31.4 Å². The molecule has 0 aliphatic carbocycles. The third-order valence-corrected chi connectivity index (χ3v) is 7.68. The average Bonchev–Trinajstić information content (AvgIpc) is 3.18. The maximum Gasteiger partial charge on any atom is 0.248 e. The van der Waals surface area contributed by atoms with E-state index in [1.165, 1.54) is 9.01 Å². The van der Waals surface area contributed by atoms with E-state index in [1.807, 2.05) is 12.1 Å². The first-order valence-corrected chi connectivity index (χ1v) is 10.3. The molecule has 1 saturated heterocycles. The van der Waals surface area contributed by atoms with Crippen LogP contribution in [0.25, 0.3) is 10.1 Å². The van der Waals surface area contributed by atoms with Crippen molar-refractivity contribution in [1.29, 1.82) is 0 Å². The molecule has 132 valence electrons. The summed E-state index contributed by atoms with van der Waals surface area (Å²) in [6.07, 6.45) is -0.263. The minimum absolute atomic E-state index is 0.171. The summed E-state index contributed by atoms with van der Waals surface area (Å²) in [6, 6.07) is 10.2. The third kappa shape index (κ3) is 2.89. The van der Waals surface area contributed by atoms with E-state index in [4.69, 9.17) is 9.26 Å². The van der Waals surface area contributed by atoms with E-state index < -0.39 is 10.0 Å². The van der Waals surface area contributed by atoms with E-state index in [-0.39, 0.29) is 11.0 Å². The standard InChI is InChI=1S/C17H18N2O4S2/c1-11-17(12(2)23-18-11)25(20,21)19-7-8-22-14(10-19)16-9-13-5-3-4-6-15(13)24-16/h3-6,9,14H,7-8,10H2,1-2H3. The van der Waals surface area contributed by atoms with E-state index in [9.17, 15) is 8.42 Å². The Morgan fingerprint density at radius 3 is 2.80 bits per heavy atom. The summed E-state index contributed by atoms with van der Waals surface area (Å²) in [7, 11) is -3.65. The van der Waals surface area contributed by atoms with Gasteiger partial charge in [0, 0.05) is 22.7 Å². The Balaban J connectivity index is 1.65. The number of aromatic nitrogens is 1. The van der Waals surface area contributed by atoms with Gasteiger partial charge in [-0.05, 0) is 31.4 Å². The zero-order valence-electron chi connectivity index (χ0n) is 13.9. The van der Waals surface area contributed by atoms with Crippen molar-refractivity contribution in [3.05, 3.63) is 46.7 Å². The molecule has 0 saturated carbocycles. The zero-order chi connectivity index (χ0) is 17.6. The Morgan fingerprint density at radius 2 is 2.08 bits per heavy atom. The first kappa shape index (κ1) is 16.7. The van der Waals surface area contributed by atoms with E-state index in [1.54, 1.807) is 25.2 Å². The van der Waals surface area contributed by atoms with E-state index in [2.05, 4.69) is 23.4 Å². The molecule has 0 N–H and O–H groups in total. The number of rotatable bonds is 3. The molecule has 3 heterocycles. The predicted molar refractivity (Wildman–Crippen MR) is 95.3 cm³/mol. The summed E-state index contributed by atoms with van der Waals surface area (Å²) in [5.74, 6) is 0.322. The zero-order valence-corrected chi connectivity index (χ0v) is 15.6. The molecule has 2 aromatic heterocycles.